The van der Waals surface area contributed by atoms with Crippen molar-refractivity contribution in [3.8, 4) is 0 Å². The Morgan fingerprint density at radius 2 is 1.89 bits per heavy atom. The molecule has 0 spiro atoms. The summed E-state index contributed by atoms with van der Waals surface area (Å²) < 4.78 is 3.23. The Bertz CT molecular complexity index is 399. The van der Waals surface area contributed by atoms with Crippen LogP contribution in [-0.2, 0) is 6.42 Å². The van der Waals surface area contributed by atoms with Crippen LogP contribution in [0, 0.1) is 6.92 Å². The quantitative estimate of drug-likeness (QED) is 0.498. The number of halogens is 1. The van der Waals surface area contributed by atoms with E-state index in [9.17, 15) is 0 Å². The summed E-state index contributed by atoms with van der Waals surface area (Å²) >= 11 is 2.33. The molecule has 5 heteroatoms. The summed E-state index contributed by atoms with van der Waals surface area (Å²) in [6.45, 7) is 6.62. The van der Waals surface area contributed by atoms with Crippen LogP contribution in [0.25, 0.3) is 5.53 Å². The molecule has 0 aliphatic carbocycles. The van der Waals surface area contributed by atoms with Crippen LogP contribution < -0.4 is 5.32 Å². The van der Waals surface area contributed by atoms with Crippen LogP contribution >= 0.6 is 16.1 Å². The average Bonchev–Trinajstić information content (AvgIpc) is 2.29. The molecular weight excluding hydrogens is 304 g/mol. The lowest BCUT2D eigenvalue weighted by atomic mass is 10.0. The minimum absolute atomic E-state index is 0.409. The summed E-state index contributed by atoms with van der Waals surface area (Å²) in [5, 5.41) is 3.61. The van der Waals surface area contributed by atoms with Crippen molar-refractivity contribution in [3.05, 3.63) is 34.9 Å². The van der Waals surface area contributed by atoms with Gasteiger partial charge in [-0.2, -0.15) is 0 Å². The van der Waals surface area contributed by atoms with Gasteiger partial charge in [-0.3, -0.25) is 0 Å². The van der Waals surface area contributed by atoms with Crippen molar-refractivity contribution in [1.82, 2.24) is 0 Å². The molecule has 0 heterocycles. The molecule has 1 N–H and O–H groups in total. The van der Waals surface area contributed by atoms with E-state index in [1.807, 2.05) is 0 Å². The number of hydrogen-bond acceptors (Lipinski definition) is 2. The van der Waals surface area contributed by atoms with E-state index in [1.165, 1.54) is 16.8 Å². The van der Waals surface area contributed by atoms with Gasteiger partial charge in [0.25, 0.3) is 0 Å². The van der Waals surface area contributed by atoms with Crippen LogP contribution in [0.4, 0.5) is 5.69 Å². The molecule has 108 valence electrons. The Labute approximate surface area is 125 Å². The van der Waals surface area contributed by atoms with Gasteiger partial charge in [-0.05, 0) is 30.5 Å². The van der Waals surface area contributed by atoms with Crippen LogP contribution in [0.2, 0.25) is 0 Å². The molecule has 4 nitrogen and oxygen atoms in total. The number of aryl methyl sites for hydroxylation is 1. The molecule has 0 amide bonds. The van der Waals surface area contributed by atoms with Gasteiger partial charge in [0.2, 0.25) is 0 Å². The Morgan fingerprint density at radius 1 is 1.37 bits per heavy atom. The summed E-state index contributed by atoms with van der Waals surface area (Å²) in [6.07, 6.45) is 1.49. The van der Waals surface area contributed by atoms with Crippen molar-refractivity contribution in [1.29, 1.82) is 0 Å². The number of quaternary nitrogens is 1. The topological polar surface area (TPSA) is 46.7 Å². The molecule has 19 heavy (non-hydrogen) atoms. The molecule has 1 atom stereocenters. The normalized spacial score (nSPS) is 12.2. The summed E-state index contributed by atoms with van der Waals surface area (Å²) in [5.41, 5.74) is 11.2. The molecule has 0 aliphatic rings. The predicted molar refractivity (Wildman–Crippen MR) is 86.4 cm³/mol. The molecule has 0 bridgehead atoms. The fourth-order valence-electron chi connectivity index (χ4n) is 1.73. The van der Waals surface area contributed by atoms with Crippen LogP contribution in [0.15, 0.2) is 22.3 Å². The van der Waals surface area contributed by atoms with Gasteiger partial charge in [0, 0.05) is 28.8 Å². The standard InChI is InChI=1S/C14H25N2.BrN2/c1-7-13-11(2)9-8-10-14(13)15-12(3)16(4,5)6;1-3-2/h8-10,12,15H,7H2,1-6H3;/q+1;-1. The van der Waals surface area contributed by atoms with Crippen molar-refractivity contribution < 1.29 is 4.48 Å². The fraction of sp³-hybridized carbons (Fsp3) is 0.571. The minimum atomic E-state index is 0.409. The van der Waals surface area contributed by atoms with E-state index >= 15 is 0 Å². The van der Waals surface area contributed by atoms with E-state index in [0.29, 0.717) is 6.17 Å². The highest BCUT2D eigenvalue weighted by atomic mass is 79.9. The molecule has 1 rings (SSSR count). The molecule has 0 fully saturated rings. The van der Waals surface area contributed by atoms with E-state index < -0.39 is 0 Å². The zero-order chi connectivity index (χ0) is 15.1. The number of benzene rings is 1. The predicted octanol–water partition coefficient (Wildman–Crippen LogP) is 4.34. The second-order valence-electron chi connectivity index (χ2n) is 5.47. The van der Waals surface area contributed by atoms with Crippen LogP contribution in [0.1, 0.15) is 25.0 Å². The van der Waals surface area contributed by atoms with Gasteiger partial charge < -0.3 is 19.5 Å². The second kappa shape index (κ2) is 8.27. The van der Waals surface area contributed by atoms with Gasteiger partial charge in [0.15, 0.2) is 6.17 Å². The van der Waals surface area contributed by atoms with Crippen molar-refractivity contribution in [2.75, 3.05) is 26.5 Å². The Kier molecular flexibility index (Phi) is 7.87. The molecular formula is C14H25BrN4. The SMILES string of the molecule is CCc1c(C)cccc1NC(C)[N+](C)(C)C.[N-]=NBr. The lowest BCUT2D eigenvalue weighted by molar-refractivity contribution is -0.890. The Balaban J connectivity index is 0.000000982. The summed E-state index contributed by atoms with van der Waals surface area (Å²) in [5.74, 6) is 0. The van der Waals surface area contributed by atoms with Crippen LogP contribution in [-0.4, -0.2) is 31.8 Å². The molecule has 1 unspecified atom stereocenters. The van der Waals surface area contributed by atoms with E-state index in [2.05, 4.69) is 85.7 Å². The van der Waals surface area contributed by atoms with Gasteiger partial charge in [-0.1, -0.05) is 19.1 Å². The average molecular weight is 329 g/mol. The molecule has 1 aromatic rings. The monoisotopic (exact) mass is 328 g/mol. The summed E-state index contributed by atoms with van der Waals surface area (Å²) in [4.78, 5) is 0. The van der Waals surface area contributed by atoms with Crippen molar-refractivity contribution >= 4 is 21.8 Å². The molecule has 0 aliphatic heterocycles. The largest absolute Gasteiger partial charge is 0.699 e. The van der Waals surface area contributed by atoms with Gasteiger partial charge >= 0.3 is 0 Å². The summed E-state index contributed by atoms with van der Waals surface area (Å²) in [6, 6.07) is 6.48. The van der Waals surface area contributed by atoms with E-state index in [1.54, 1.807) is 0 Å². The zero-order valence-electron chi connectivity index (χ0n) is 12.7. The number of hydrogen-bond donors (Lipinski definition) is 1. The smallest absolute Gasteiger partial charge is 0.158 e. The number of rotatable bonds is 4. The maximum absolute atomic E-state index is 7.11. The maximum Gasteiger partial charge on any atom is 0.158 e. The third kappa shape index (κ3) is 6.16. The first kappa shape index (κ1) is 18.1. The van der Waals surface area contributed by atoms with E-state index in [0.717, 1.165) is 10.9 Å². The first-order valence-electron chi connectivity index (χ1n) is 6.39. The number of nitrogens with zero attached hydrogens (tertiary/aromatic N) is 3. The molecule has 0 radical (unpaired) electrons. The number of nitrogens with one attached hydrogen (secondary N) is 1. The molecule has 0 saturated heterocycles. The maximum atomic E-state index is 7.11. The second-order valence-corrected chi connectivity index (χ2v) is 5.78. The fourth-order valence-corrected chi connectivity index (χ4v) is 1.73. The first-order valence-corrected chi connectivity index (χ1v) is 7.10. The molecule has 0 saturated carbocycles. The first-order chi connectivity index (χ1) is 8.77. The molecule has 1 aromatic carbocycles. The van der Waals surface area contributed by atoms with Crippen molar-refractivity contribution in [2.45, 2.75) is 33.4 Å². The highest BCUT2D eigenvalue weighted by Crippen LogP contribution is 2.21. The van der Waals surface area contributed by atoms with Crippen LogP contribution in [0.3, 0.4) is 0 Å². The lowest BCUT2D eigenvalue weighted by Crippen LogP contribution is -2.47. The van der Waals surface area contributed by atoms with Gasteiger partial charge in [0.1, 0.15) is 0 Å². The Morgan fingerprint density at radius 3 is 2.32 bits per heavy atom. The lowest BCUT2D eigenvalue weighted by Gasteiger charge is -2.33. The van der Waals surface area contributed by atoms with E-state index in [-0.39, 0.29) is 0 Å². The highest BCUT2D eigenvalue weighted by molar-refractivity contribution is 9.08. The van der Waals surface area contributed by atoms with Crippen LogP contribution in [0.5, 0.6) is 0 Å². The van der Waals surface area contributed by atoms with Gasteiger partial charge in [-0.25, -0.2) is 0 Å². The zero-order valence-corrected chi connectivity index (χ0v) is 14.3. The van der Waals surface area contributed by atoms with Crippen molar-refractivity contribution in [2.24, 2.45) is 4.14 Å². The summed E-state index contributed by atoms with van der Waals surface area (Å²) in [7, 11) is 6.62. The van der Waals surface area contributed by atoms with Crippen molar-refractivity contribution in [3.63, 3.8) is 0 Å². The Hall–Kier alpha value is -0.940. The van der Waals surface area contributed by atoms with Gasteiger partial charge in [-0.15, -0.1) is 0 Å². The highest BCUT2D eigenvalue weighted by Gasteiger charge is 2.18. The minimum Gasteiger partial charge on any atom is -0.699 e. The van der Waals surface area contributed by atoms with E-state index in [4.69, 9.17) is 5.53 Å². The molecule has 0 aromatic heterocycles. The number of anilines is 1. The third-order valence-electron chi connectivity index (χ3n) is 3.29. The van der Waals surface area contributed by atoms with Gasteiger partial charge in [0.05, 0.1) is 21.1 Å². The third-order valence-corrected chi connectivity index (χ3v) is 3.29.